The lowest BCUT2D eigenvalue weighted by atomic mass is 9.78. The second kappa shape index (κ2) is 17.5. The molecule has 2 heterocycles. The number of halogens is 4. The van der Waals surface area contributed by atoms with E-state index in [9.17, 15) is 4.39 Å². The van der Waals surface area contributed by atoms with Crippen molar-refractivity contribution in [3.8, 4) is 11.4 Å². The van der Waals surface area contributed by atoms with E-state index in [1.165, 1.54) is 51.0 Å². The summed E-state index contributed by atoms with van der Waals surface area (Å²) in [6.45, 7) is 3.56. The van der Waals surface area contributed by atoms with Crippen molar-refractivity contribution < 1.29 is 22.3 Å². The van der Waals surface area contributed by atoms with Crippen molar-refractivity contribution in [2.24, 2.45) is 11.8 Å². The normalized spacial score (nSPS) is 17.7. The molecule has 2 aromatic heterocycles. The Morgan fingerprint density at radius 3 is 2.12 bits per heavy atom. The van der Waals surface area contributed by atoms with E-state index in [1.54, 1.807) is 12.1 Å². The Morgan fingerprint density at radius 2 is 1.40 bits per heavy atom. The Kier molecular flexibility index (Phi) is 13.8. The average Bonchev–Trinajstić information content (AvgIpc) is 3.81. The van der Waals surface area contributed by atoms with Crippen molar-refractivity contribution >= 4 is 0 Å². The Labute approximate surface area is 256 Å². The summed E-state index contributed by atoms with van der Waals surface area (Å²) < 4.78 is 66.4. The van der Waals surface area contributed by atoms with Crippen LogP contribution in [0.3, 0.4) is 0 Å². The minimum atomic E-state index is -3.28. The summed E-state index contributed by atoms with van der Waals surface area (Å²) in [4.78, 5) is 7.89. The molecular formula is C36H52F4N2O. The summed E-state index contributed by atoms with van der Waals surface area (Å²) in [6.07, 6.45) is 19.9. The Balaban J connectivity index is 1.22. The fourth-order valence-corrected chi connectivity index (χ4v) is 6.44. The molecule has 3 nitrogen and oxygen atoms in total. The van der Waals surface area contributed by atoms with Crippen molar-refractivity contribution in [1.82, 2.24) is 9.97 Å². The number of aryl methyl sites for hydroxylation is 2. The largest absolute Gasteiger partial charge is 0.381 e. The highest BCUT2D eigenvalue weighted by atomic mass is 19.3. The van der Waals surface area contributed by atoms with Crippen LogP contribution < -0.4 is 0 Å². The number of unbranched alkanes of at least 4 members (excludes halogenated alkanes) is 10. The first kappa shape index (κ1) is 33.9. The molecule has 2 aliphatic carbocycles. The molecule has 0 spiro atoms. The van der Waals surface area contributed by atoms with Crippen LogP contribution in [-0.4, -0.2) is 23.2 Å². The van der Waals surface area contributed by atoms with Gasteiger partial charge in [0.05, 0.1) is 17.0 Å². The van der Waals surface area contributed by atoms with Gasteiger partial charge in [0.25, 0.3) is 5.92 Å². The molecule has 2 aliphatic rings. The SMILES string of the molecule is CCCCCOCCCCCC1CCc2cc(-c3ccc(CCCCCCCCCC4CC4)c(F)n3)nc(F)c2C1(F)F. The molecule has 0 N–H and O–H groups in total. The lowest BCUT2D eigenvalue weighted by Crippen LogP contribution is -2.33. The fourth-order valence-electron chi connectivity index (χ4n) is 6.44. The Morgan fingerprint density at radius 1 is 0.744 bits per heavy atom. The highest BCUT2D eigenvalue weighted by Gasteiger charge is 2.47. The first-order valence-corrected chi connectivity index (χ1v) is 17.2. The van der Waals surface area contributed by atoms with Gasteiger partial charge in [-0.15, -0.1) is 0 Å². The van der Waals surface area contributed by atoms with E-state index in [1.807, 2.05) is 0 Å². The zero-order chi connectivity index (χ0) is 30.5. The molecule has 2 aromatic rings. The topological polar surface area (TPSA) is 35.0 Å². The number of pyridine rings is 2. The van der Waals surface area contributed by atoms with Crippen LogP contribution in [0.2, 0.25) is 0 Å². The van der Waals surface area contributed by atoms with Gasteiger partial charge in [-0.2, -0.15) is 8.78 Å². The van der Waals surface area contributed by atoms with Crippen molar-refractivity contribution in [1.29, 1.82) is 0 Å². The van der Waals surface area contributed by atoms with Crippen LogP contribution in [-0.2, 0) is 23.5 Å². The maximum Gasteiger partial charge on any atom is 0.280 e. The molecule has 43 heavy (non-hydrogen) atoms. The van der Waals surface area contributed by atoms with Gasteiger partial charge < -0.3 is 4.74 Å². The quantitative estimate of drug-likeness (QED) is 0.0808. The third-order valence-electron chi connectivity index (χ3n) is 9.34. The van der Waals surface area contributed by atoms with Crippen LogP contribution in [0.5, 0.6) is 0 Å². The molecule has 0 saturated heterocycles. The van der Waals surface area contributed by atoms with Crippen molar-refractivity contribution in [3.63, 3.8) is 0 Å². The molecule has 240 valence electrons. The fraction of sp³-hybridized carbons (Fsp3) is 0.722. The maximum atomic E-state index is 15.4. The van der Waals surface area contributed by atoms with E-state index >= 15 is 13.2 Å². The smallest absolute Gasteiger partial charge is 0.280 e. The number of hydrogen-bond acceptors (Lipinski definition) is 3. The molecule has 0 aromatic carbocycles. The second-order valence-electron chi connectivity index (χ2n) is 13.0. The highest BCUT2D eigenvalue weighted by Crippen LogP contribution is 2.47. The van der Waals surface area contributed by atoms with Gasteiger partial charge in [0, 0.05) is 24.7 Å². The van der Waals surface area contributed by atoms with Crippen molar-refractivity contribution in [3.05, 3.63) is 46.8 Å². The zero-order valence-corrected chi connectivity index (χ0v) is 26.3. The van der Waals surface area contributed by atoms with Gasteiger partial charge in [0.2, 0.25) is 11.9 Å². The first-order chi connectivity index (χ1) is 20.9. The van der Waals surface area contributed by atoms with Crippen LogP contribution >= 0.6 is 0 Å². The molecule has 0 bridgehead atoms. The highest BCUT2D eigenvalue weighted by molar-refractivity contribution is 5.57. The first-order valence-electron chi connectivity index (χ1n) is 17.2. The number of aromatic nitrogens is 2. The standard InChI is InChI=1S/C36H52F4N2O/c1-2-3-13-24-43-25-14-9-12-17-30-22-20-29-26-32(42-35(38)33(29)36(30,39)40)31-23-21-28(34(37)41-31)16-11-8-6-4-5-7-10-15-27-18-19-27/h21,23,26-27,30H,2-20,22,24-25H2,1H3. The van der Waals surface area contributed by atoms with E-state index < -0.39 is 29.3 Å². The number of ether oxygens (including phenoxy) is 1. The van der Waals surface area contributed by atoms with Gasteiger partial charge >= 0.3 is 0 Å². The average molecular weight is 605 g/mol. The van der Waals surface area contributed by atoms with Crippen LogP contribution in [0.15, 0.2) is 18.2 Å². The van der Waals surface area contributed by atoms with Gasteiger partial charge in [-0.05, 0) is 68.6 Å². The number of fused-ring (bicyclic) bond motifs is 1. The van der Waals surface area contributed by atoms with Crippen LogP contribution in [0.4, 0.5) is 17.6 Å². The van der Waals surface area contributed by atoms with Crippen molar-refractivity contribution in [2.45, 2.75) is 141 Å². The van der Waals surface area contributed by atoms with Gasteiger partial charge in [0.1, 0.15) is 0 Å². The van der Waals surface area contributed by atoms with E-state index in [4.69, 9.17) is 4.74 Å². The van der Waals surface area contributed by atoms with Crippen LogP contribution in [0.25, 0.3) is 11.4 Å². The molecule has 0 aliphatic heterocycles. The third kappa shape index (κ3) is 10.5. The molecule has 4 rings (SSSR count). The summed E-state index contributed by atoms with van der Waals surface area (Å²) >= 11 is 0. The molecule has 1 unspecified atom stereocenters. The van der Waals surface area contributed by atoms with Gasteiger partial charge in [-0.25, -0.2) is 18.7 Å². The Bertz CT molecular complexity index is 1120. The number of alkyl halides is 2. The van der Waals surface area contributed by atoms with Crippen LogP contribution in [0.1, 0.15) is 139 Å². The number of rotatable bonds is 21. The van der Waals surface area contributed by atoms with Crippen molar-refractivity contribution in [2.75, 3.05) is 13.2 Å². The van der Waals surface area contributed by atoms with Gasteiger partial charge in [0.15, 0.2) is 0 Å². The minimum Gasteiger partial charge on any atom is -0.381 e. The lowest BCUT2D eigenvalue weighted by Gasteiger charge is -2.33. The molecule has 0 radical (unpaired) electrons. The van der Waals surface area contributed by atoms with Gasteiger partial charge in [-0.1, -0.05) is 96.5 Å². The second-order valence-corrected chi connectivity index (χ2v) is 13.0. The Hall–Kier alpha value is -2.02. The predicted octanol–water partition coefficient (Wildman–Crippen LogP) is 10.9. The van der Waals surface area contributed by atoms with E-state index in [0.29, 0.717) is 37.9 Å². The monoisotopic (exact) mass is 604 g/mol. The maximum absolute atomic E-state index is 15.4. The molecular weight excluding hydrogens is 552 g/mol. The molecule has 7 heteroatoms. The van der Waals surface area contributed by atoms with E-state index in [-0.39, 0.29) is 23.4 Å². The molecule has 1 fully saturated rings. The summed E-state index contributed by atoms with van der Waals surface area (Å²) in [6, 6.07) is 4.78. The summed E-state index contributed by atoms with van der Waals surface area (Å²) in [5, 5.41) is 0. The van der Waals surface area contributed by atoms with Crippen LogP contribution in [0, 0.1) is 23.7 Å². The number of nitrogens with zero attached hydrogens (tertiary/aromatic N) is 2. The summed E-state index contributed by atoms with van der Waals surface area (Å²) in [5.41, 5.74) is 0.479. The summed E-state index contributed by atoms with van der Waals surface area (Å²) in [5.74, 6) is -4.92. The lowest BCUT2D eigenvalue weighted by molar-refractivity contribution is -0.0825. The number of hydrogen-bond donors (Lipinski definition) is 0. The molecule has 1 saturated carbocycles. The molecule has 0 amide bonds. The van der Waals surface area contributed by atoms with E-state index in [2.05, 4.69) is 16.9 Å². The zero-order valence-electron chi connectivity index (χ0n) is 26.3. The van der Waals surface area contributed by atoms with E-state index in [0.717, 1.165) is 63.9 Å². The minimum absolute atomic E-state index is 0.108. The summed E-state index contributed by atoms with van der Waals surface area (Å²) in [7, 11) is 0. The van der Waals surface area contributed by atoms with Gasteiger partial charge in [-0.3, -0.25) is 0 Å². The molecule has 1 atom stereocenters. The predicted molar refractivity (Wildman–Crippen MR) is 165 cm³/mol. The third-order valence-corrected chi connectivity index (χ3v) is 9.34.